The molecule has 1 saturated heterocycles. The number of anilines is 1. The number of aromatic nitrogens is 1. The zero-order chi connectivity index (χ0) is 14.0. The number of amides is 1. The highest BCUT2D eigenvalue weighted by molar-refractivity contribution is 5.92. The first-order valence-corrected chi connectivity index (χ1v) is 6.52. The predicted octanol–water partition coefficient (Wildman–Crippen LogP) is 1.37. The molecule has 1 aromatic heterocycles. The lowest BCUT2D eigenvalue weighted by molar-refractivity contribution is -0.122. The van der Waals surface area contributed by atoms with Crippen molar-refractivity contribution < 1.29 is 9.59 Å². The second-order valence-corrected chi connectivity index (χ2v) is 5.14. The molecule has 1 aromatic rings. The molecule has 102 valence electrons. The molecule has 1 aliphatic rings. The Morgan fingerprint density at radius 3 is 2.63 bits per heavy atom. The quantitative estimate of drug-likeness (QED) is 0.834. The van der Waals surface area contributed by atoms with Crippen LogP contribution in [0.2, 0.25) is 0 Å². The molecule has 2 rings (SSSR count). The van der Waals surface area contributed by atoms with Crippen LogP contribution in [-0.4, -0.2) is 29.3 Å². The van der Waals surface area contributed by atoms with Crippen LogP contribution in [0.5, 0.6) is 0 Å². The summed E-state index contributed by atoms with van der Waals surface area (Å²) in [6.07, 6.45) is 3.46. The smallest absolute Gasteiger partial charge is 0.222 e. The predicted molar refractivity (Wildman–Crippen MR) is 73.0 cm³/mol. The van der Waals surface area contributed by atoms with Crippen molar-refractivity contribution >= 4 is 17.4 Å². The van der Waals surface area contributed by atoms with E-state index >= 15 is 0 Å². The number of Topliss-reactive ketones (excluding diaryl/α,β-unsaturated/α-hetero) is 1. The van der Waals surface area contributed by atoms with Crippen LogP contribution in [0.3, 0.4) is 0 Å². The topological polar surface area (TPSA) is 76.3 Å². The number of pyridine rings is 1. The molecule has 1 fully saturated rings. The molecule has 0 spiro atoms. The largest absolute Gasteiger partial charge is 0.369 e. The number of carbonyl (C=O) groups excluding carboxylic acids is 2. The standard InChI is InChI=1S/C14H19N3O2/c1-9-3-4-11(14(15)19)8-17(9)12-5-6-13(10(2)18)16-7-12/h5-7,9,11H,3-4,8H2,1-2H3,(H2,15,19). The van der Waals surface area contributed by atoms with Crippen molar-refractivity contribution in [3.63, 3.8) is 0 Å². The van der Waals surface area contributed by atoms with Gasteiger partial charge in [-0.1, -0.05) is 0 Å². The molecule has 5 heteroatoms. The summed E-state index contributed by atoms with van der Waals surface area (Å²) in [5.74, 6) is -0.401. The maximum Gasteiger partial charge on any atom is 0.222 e. The number of nitrogens with two attached hydrogens (primary N) is 1. The third-order valence-electron chi connectivity index (χ3n) is 3.72. The summed E-state index contributed by atoms with van der Waals surface area (Å²) < 4.78 is 0. The van der Waals surface area contributed by atoms with Crippen molar-refractivity contribution in [3.8, 4) is 0 Å². The summed E-state index contributed by atoms with van der Waals surface area (Å²) in [5, 5.41) is 0. The highest BCUT2D eigenvalue weighted by Gasteiger charge is 2.28. The lowest BCUT2D eigenvalue weighted by Crippen LogP contribution is -2.45. The number of nitrogens with zero attached hydrogens (tertiary/aromatic N) is 2. The van der Waals surface area contributed by atoms with Crippen molar-refractivity contribution in [3.05, 3.63) is 24.0 Å². The minimum Gasteiger partial charge on any atom is -0.369 e. The Morgan fingerprint density at radius 1 is 1.37 bits per heavy atom. The van der Waals surface area contributed by atoms with Gasteiger partial charge in [0.15, 0.2) is 5.78 Å². The Kier molecular flexibility index (Phi) is 3.83. The van der Waals surface area contributed by atoms with E-state index in [2.05, 4.69) is 16.8 Å². The average Bonchev–Trinajstić information content (AvgIpc) is 2.39. The van der Waals surface area contributed by atoms with Crippen molar-refractivity contribution in [2.75, 3.05) is 11.4 Å². The summed E-state index contributed by atoms with van der Waals surface area (Å²) in [6, 6.07) is 3.95. The number of ketones is 1. The van der Waals surface area contributed by atoms with Gasteiger partial charge in [-0.2, -0.15) is 0 Å². The summed E-state index contributed by atoms with van der Waals surface area (Å²) in [5.41, 5.74) is 6.78. The summed E-state index contributed by atoms with van der Waals surface area (Å²) in [6.45, 7) is 4.24. The van der Waals surface area contributed by atoms with Crippen LogP contribution in [0.1, 0.15) is 37.2 Å². The van der Waals surface area contributed by atoms with E-state index in [1.807, 2.05) is 6.07 Å². The fourth-order valence-electron chi connectivity index (χ4n) is 2.46. The van der Waals surface area contributed by atoms with Gasteiger partial charge in [0.1, 0.15) is 5.69 Å². The zero-order valence-electron chi connectivity index (χ0n) is 11.3. The van der Waals surface area contributed by atoms with E-state index in [1.165, 1.54) is 6.92 Å². The van der Waals surface area contributed by atoms with Gasteiger partial charge in [-0.25, -0.2) is 0 Å². The number of piperidine rings is 1. The molecular weight excluding hydrogens is 242 g/mol. The van der Waals surface area contributed by atoms with Crippen molar-refractivity contribution in [1.29, 1.82) is 0 Å². The Bertz CT molecular complexity index is 484. The van der Waals surface area contributed by atoms with Gasteiger partial charge in [-0.3, -0.25) is 14.6 Å². The van der Waals surface area contributed by atoms with Gasteiger partial charge >= 0.3 is 0 Å². The van der Waals surface area contributed by atoms with E-state index in [-0.39, 0.29) is 17.6 Å². The van der Waals surface area contributed by atoms with Crippen LogP contribution in [0.25, 0.3) is 0 Å². The van der Waals surface area contributed by atoms with Gasteiger partial charge in [0.2, 0.25) is 5.91 Å². The van der Waals surface area contributed by atoms with Crippen LogP contribution in [0.4, 0.5) is 5.69 Å². The van der Waals surface area contributed by atoms with Crippen molar-refractivity contribution in [1.82, 2.24) is 4.98 Å². The van der Waals surface area contributed by atoms with Crippen LogP contribution >= 0.6 is 0 Å². The molecule has 1 amide bonds. The molecule has 0 aromatic carbocycles. The lowest BCUT2D eigenvalue weighted by Gasteiger charge is -2.38. The van der Waals surface area contributed by atoms with Crippen molar-refractivity contribution in [2.24, 2.45) is 11.7 Å². The Morgan fingerprint density at radius 2 is 2.11 bits per heavy atom. The first-order chi connectivity index (χ1) is 8.99. The van der Waals surface area contributed by atoms with E-state index < -0.39 is 0 Å². The second kappa shape index (κ2) is 5.38. The lowest BCUT2D eigenvalue weighted by atomic mass is 9.92. The number of hydrogen-bond donors (Lipinski definition) is 1. The molecule has 0 aliphatic carbocycles. The molecule has 2 N–H and O–H groups in total. The fraction of sp³-hybridized carbons (Fsp3) is 0.500. The van der Waals surface area contributed by atoms with E-state index in [4.69, 9.17) is 5.73 Å². The summed E-state index contributed by atoms with van der Waals surface area (Å²) in [4.78, 5) is 28.8. The first kappa shape index (κ1) is 13.5. The molecule has 19 heavy (non-hydrogen) atoms. The Hall–Kier alpha value is -1.91. The fourth-order valence-corrected chi connectivity index (χ4v) is 2.46. The minimum atomic E-state index is -0.245. The maximum absolute atomic E-state index is 11.3. The monoisotopic (exact) mass is 261 g/mol. The molecule has 0 bridgehead atoms. The third kappa shape index (κ3) is 2.92. The van der Waals surface area contributed by atoms with Gasteiger partial charge in [0.25, 0.3) is 0 Å². The zero-order valence-corrected chi connectivity index (χ0v) is 11.3. The van der Waals surface area contributed by atoms with Gasteiger partial charge in [0, 0.05) is 19.5 Å². The van der Waals surface area contributed by atoms with Crippen LogP contribution in [0.15, 0.2) is 18.3 Å². The van der Waals surface area contributed by atoms with E-state index in [0.717, 1.165) is 18.5 Å². The van der Waals surface area contributed by atoms with Crippen LogP contribution < -0.4 is 10.6 Å². The Labute approximate surface area is 112 Å². The summed E-state index contributed by atoms with van der Waals surface area (Å²) >= 11 is 0. The average molecular weight is 261 g/mol. The van der Waals surface area contributed by atoms with Crippen LogP contribution in [0, 0.1) is 5.92 Å². The third-order valence-corrected chi connectivity index (χ3v) is 3.72. The molecule has 5 nitrogen and oxygen atoms in total. The molecule has 1 aliphatic heterocycles. The molecular formula is C14H19N3O2. The van der Waals surface area contributed by atoms with Gasteiger partial charge in [-0.15, -0.1) is 0 Å². The van der Waals surface area contributed by atoms with E-state index in [0.29, 0.717) is 18.3 Å². The highest BCUT2D eigenvalue weighted by Crippen LogP contribution is 2.27. The molecule has 2 atom stereocenters. The molecule has 2 unspecified atom stereocenters. The summed E-state index contributed by atoms with van der Waals surface area (Å²) in [7, 11) is 0. The Balaban J connectivity index is 2.18. The number of primary amides is 1. The molecule has 0 saturated carbocycles. The molecule has 2 heterocycles. The van der Waals surface area contributed by atoms with Gasteiger partial charge in [0.05, 0.1) is 17.8 Å². The number of carbonyl (C=O) groups is 2. The van der Waals surface area contributed by atoms with Gasteiger partial charge < -0.3 is 10.6 Å². The van der Waals surface area contributed by atoms with Crippen molar-refractivity contribution in [2.45, 2.75) is 32.7 Å². The maximum atomic E-state index is 11.3. The number of rotatable bonds is 3. The second-order valence-electron chi connectivity index (χ2n) is 5.14. The normalized spacial score (nSPS) is 23.2. The molecule has 0 radical (unpaired) electrons. The van der Waals surface area contributed by atoms with Gasteiger partial charge in [-0.05, 0) is 31.9 Å². The minimum absolute atomic E-state index is 0.0479. The number of hydrogen-bond acceptors (Lipinski definition) is 4. The van der Waals surface area contributed by atoms with E-state index in [1.54, 1.807) is 12.3 Å². The SMILES string of the molecule is CC(=O)c1ccc(N2CC(C(N)=O)CCC2C)cn1. The van der Waals surface area contributed by atoms with Crippen LogP contribution in [-0.2, 0) is 4.79 Å². The van der Waals surface area contributed by atoms with E-state index in [9.17, 15) is 9.59 Å². The highest BCUT2D eigenvalue weighted by atomic mass is 16.1. The first-order valence-electron chi connectivity index (χ1n) is 6.52.